The summed E-state index contributed by atoms with van der Waals surface area (Å²) in [5.74, 6) is 0.0473. The number of rotatable bonds is 2. The van der Waals surface area contributed by atoms with Crippen LogP contribution in [0.15, 0.2) is 53.6 Å². The lowest BCUT2D eigenvalue weighted by Crippen LogP contribution is -2.36. The molecular weight excluding hydrogens is 362 g/mol. The van der Waals surface area contributed by atoms with E-state index in [0.717, 1.165) is 5.56 Å². The molecule has 128 valence electrons. The maximum Gasteiger partial charge on any atom is 0.264 e. The van der Waals surface area contributed by atoms with Gasteiger partial charge in [0.15, 0.2) is 0 Å². The second kappa shape index (κ2) is 5.50. The minimum atomic E-state index is -3.82. The molecule has 3 aromatic rings. The molecule has 0 bridgehead atoms. The Morgan fingerprint density at radius 2 is 1.92 bits per heavy atom. The summed E-state index contributed by atoms with van der Waals surface area (Å²) in [6.07, 6.45) is 1.68. The lowest BCUT2D eigenvalue weighted by atomic mass is 9.97. The van der Waals surface area contributed by atoms with Gasteiger partial charge in [0.25, 0.3) is 10.0 Å². The molecule has 4 rings (SSSR count). The van der Waals surface area contributed by atoms with Gasteiger partial charge in [-0.3, -0.25) is 9.40 Å². The van der Waals surface area contributed by atoms with Crippen molar-refractivity contribution < 1.29 is 13.5 Å². The maximum absolute atomic E-state index is 13.3. The first-order chi connectivity index (χ1) is 11.9. The van der Waals surface area contributed by atoms with Gasteiger partial charge in [-0.05, 0) is 49.4 Å². The van der Waals surface area contributed by atoms with E-state index in [4.69, 9.17) is 11.6 Å². The molecule has 0 saturated carbocycles. The number of nitrogens with one attached hydrogen (secondary N) is 1. The summed E-state index contributed by atoms with van der Waals surface area (Å²) in [4.78, 5) is 0.148. The van der Waals surface area contributed by atoms with E-state index in [2.05, 4.69) is 10.2 Å². The number of H-pyrrole nitrogens is 1. The highest BCUT2D eigenvalue weighted by Crippen LogP contribution is 2.47. The number of benzene rings is 2. The minimum Gasteiger partial charge on any atom is -0.508 e. The first-order valence-corrected chi connectivity index (χ1v) is 9.38. The van der Waals surface area contributed by atoms with Gasteiger partial charge in [0.05, 0.1) is 22.3 Å². The van der Waals surface area contributed by atoms with E-state index in [0.29, 0.717) is 22.0 Å². The Bertz CT molecular complexity index is 1060. The van der Waals surface area contributed by atoms with Gasteiger partial charge in [0.2, 0.25) is 0 Å². The monoisotopic (exact) mass is 375 g/mol. The van der Waals surface area contributed by atoms with Crippen LogP contribution in [0.3, 0.4) is 0 Å². The largest absolute Gasteiger partial charge is 0.508 e. The molecule has 6 nitrogen and oxygen atoms in total. The molecular formula is C17H14ClN3O3S. The Labute approximate surface area is 149 Å². The molecule has 1 atom stereocenters. The quantitative estimate of drug-likeness (QED) is 0.715. The van der Waals surface area contributed by atoms with E-state index < -0.39 is 16.1 Å². The normalized spacial score (nSPS) is 16.4. The van der Waals surface area contributed by atoms with Gasteiger partial charge < -0.3 is 5.11 Å². The number of hydrogen-bond donors (Lipinski definition) is 2. The van der Waals surface area contributed by atoms with Crippen molar-refractivity contribution in [1.29, 1.82) is 0 Å². The minimum absolute atomic E-state index is 0.0473. The molecule has 0 radical (unpaired) electrons. The van der Waals surface area contributed by atoms with E-state index in [1.165, 1.54) is 28.6 Å². The van der Waals surface area contributed by atoms with Gasteiger partial charge in [0, 0.05) is 22.3 Å². The molecule has 1 aliphatic rings. The van der Waals surface area contributed by atoms with Crippen molar-refractivity contribution in [1.82, 2.24) is 10.2 Å². The highest BCUT2D eigenvalue weighted by Gasteiger charge is 2.38. The van der Waals surface area contributed by atoms with Crippen LogP contribution in [-0.2, 0) is 10.0 Å². The third kappa shape index (κ3) is 2.39. The number of sulfonamides is 1. The van der Waals surface area contributed by atoms with E-state index in [1.54, 1.807) is 31.3 Å². The Kier molecular flexibility index (Phi) is 3.52. The molecule has 2 N–H and O–H groups in total. The summed E-state index contributed by atoms with van der Waals surface area (Å²) < 4.78 is 27.9. The number of aromatic hydroxyl groups is 1. The first-order valence-electron chi connectivity index (χ1n) is 7.56. The number of aromatic amines is 1. The van der Waals surface area contributed by atoms with Crippen molar-refractivity contribution in [3.63, 3.8) is 0 Å². The second-order valence-corrected chi connectivity index (χ2v) is 8.07. The fourth-order valence-corrected chi connectivity index (χ4v) is 4.91. The number of fused-ring (bicyclic) bond motifs is 3. The number of phenolic OH excluding ortho intramolecular Hbond substituents is 1. The van der Waals surface area contributed by atoms with Crippen LogP contribution >= 0.6 is 11.6 Å². The van der Waals surface area contributed by atoms with E-state index in [9.17, 15) is 13.5 Å². The van der Waals surface area contributed by atoms with E-state index >= 15 is 0 Å². The van der Waals surface area contributed by atoms with Crippen LogP contribution in [0.2, 0.25) is 5.02 Å². The number of anilines is 1. The van der Waals surface area contributed by atoms with Crippen LogP contribution in [0.25, 0.3) is 11.3 Å². The zero-order valence-electron chi connectivity index (χ0n) is 13.1. The summed E-state index contributed by atoms with van der Waals surface area (Å²) in [6, 6.07) is 10.2. The lowest BCUT2D eigenvalue weighted by Gasteiger charge is -2.35. The van der Waals surface area contributed by atoms with Crippen molar-refractivity contribution in [2.24, 2.45) is 0 Å². The number of phenols is 1. The lowest BCUT2D eigenvalue weighted by molar-refractivity contribution is 0.475. The van der Waals surface area contributed by atoms with Crippen LogP contribution in [0.5, 0.6) is 5.75 Å². The molecule has 1 unspecified atom stereocenters. The number of nitrogens with zero attached hydrogens (tertiary/aromatic N) is 2. The molecule has 1 aliphatic heterocycles. The van der Waals surface area contributed by atoms with Crippen LogP contribution in [0, 0.1) is 0 Å². The predicted molar refractivity (Wildman–Crippen MR) is 95.2 cm³/mol. The zero-order valence-corrected chi connectivity index (χ0v) is 14.7. The molecule has 0 spiro atoms. The average Bonchev–Trinajstić information content (AvgIpc) is 3.06. The first kappa shape index (κ1) is 16.0. The predicted octanol–water partition coefficient (Wildman–Crippen LogP) is 3.71. The summed E-state index contributed by atoms with van der Waals surface area (Å²) in [5, 5.41) is 17.3. The third-order valence-electron chi connectivity index (χ3n) is 4.31. The SMILES string of the molecule is CC1c2c[nH]nc2-c2cc(O)ccc2N1S(=O)(=O)c1ccc(Cl)cc1. The number of aromatic nitrogens is 2. The standard InChI is InChI=1S/C17H14ClN3O3S/c1-10-15-9-19-20-17(15)14-8-12(22)4-7-16(14)21(10)25(23,24)13-5-2-11(18)3-6-13/h2-10,22H,1H3,(H,19,20). The molecule has 0 saturated heterocycles. The van der Waals surface area contributed by atoms with Gasteiger partial charge in [-0.2, -0.15) is 5.10 Å². The highest BCUT2D eigenvalue weighted by atomic mass is 35.5. The fraction of sp³-hybridized carbons (Fsp3) is 0.118. The summed E-state index contributed by atoms with van der Waals surface area (Å²) in [7, 11) is -3.82. The molecule has 8 heteroatoms. The molecule has 1 aromatic heterocycles. The van der Waals surface area contributed by atoms with Crippen molar-refractivity contribution >= 4 is 27.3 Å². The molecule has 25 heavy (non-hydrogen) atoms. The smallest absolute Gasteiger partial charge is 0.264 e. The van der Waals surface area contributed by atoms with Gasteiger partial charge in [0.1, 0.15) is 5.75 Å². The van der Waals surface area contributed by atoms with Gasteiger partial charge in [-0.1, -0.05) is 11.6 Å². The number of hydrogen-bond acceptors (Lipinski definition) is 4. The summed E-state index contributed by atoms with van der Waals surface area (Å²) >= 11 is 5.88. The summed E-state index contributed by atoms with van der Waals surface area (Å²) in [6.45, 7) is 1.80. The van der Waals surface area contributed by atoms with Crippen molar-refractivity contribution in [2.45, 2.75) is 17.9 Å². The highest BCUT2D eigenvalue weighted by molar-refractivity contribution is 7.92. The average molecular weight is 376 g/mol. The second-order valence-electron chi connectivity index (χ2n) is 5.82. The Morgan fingerprint density at radius 1 is 1.20 bits per heavy atom. The van der Waals surface area contributed by atoms with Crippen molar-refractivity contribution in [2.75, 3.05) is 4.31 Å². The maximum atomic E-state index is 13.3. The van der Waals surface area contributed by atoms with E-state index in [-0.39, 0.29) is 10.6 Å². The molecule has 2 heterocycles. The molecule has 0 aliphatic carbocycles. The van der Waals surface area contributed by atoms with Gasteiger partial charge in [-0.25, -0.2) is 8.42 Å². The van der Waals surface area contributed by atoms with Crippen LogP contribution in [0.1, 0.15) is 18.5 Å². The van der Waals surface area contributed by atoms with Crippen LogP contribution < -0.4 is 4.31 Å². The third-order valence-corrected chi connectivity index (χ3v) is 6.47. The van der Waals surface area contributed by atoms with E-state index in [1.807, 2.05) is 0 Å². The Hall–Kier alpha value is -2.51. The molecule has 0 fully saturated rings. The fourth-order valence-electron chi connectivity index (χ4n) is 3.13. The van der Waals surface area contributed by atoms with Crippen LogP contribution in [-0.4, -0.2) is 23.7 Å². The molecule has 0 amide bonds. The van der Waals surface area contributed by atoms with Crippen LogP contribution in [0.4, 0.5) is 5.69 Å². The summed E-state index contributed by atoms with van der Waals surface area (Å²) in [5.41, 5.74) is 2.42. The Morgan fingerprint density at radius 3 is 2.64 bits per heavy atom. The zero-order chi connectivity index (χ0) is 17.8. The van der Waals surface area contributed by atoms with Gasteiger partial charge >= 0.3 is 0 Å². The topological polar surface area (TPSA) is 86.3 Å². The van der Waals surface area contributed by atoms with Gasteiger partial charge in [-0.15, -0.1) is 0 Å². The van der Waals surface area contributed by atoms with Crippen molar-refractivity contribution in [3.05, 3.63) is 59.2 Å². The Balaban J connectivity index is 1.95. The molecule has 2 aromatic carbocycles. The van der Waals surface area contributed by atoms with Crippen molar-refractivity contribution in [3.8, 4) is 17.0 Å². The number of halogens is 1.